The van der Waals surface area contributed by atoms with Gasteiger partial charge < -0.3 is 0 Å². The lowest BCUT2D eigenvalue weighted by Gasteiger charge is -2.19. The average Bonchev–Trinajstić information content (AvgIpc) is 3.19. The highest BCUT2D eigenvalue weighted by molar-refractivity contribution is 7.99. The van der Waals surface area contributed by atoms with E-state index in [1.807, 2.05) is 36.4 Å². The SMILES string of the molecule is O=C(CCCSc1ccccc1)N(Cc1ccccn1)c1nc2ccc(F)cc2s1. The number of pyridine rings is 1. The molecule has 0 spiro atoms. The molecular formula is C23H20FN3OS2. The fraction of sp³-hybridized carbons (Fsp3) is 0.174. The van der Waals surface area contributed by atoms with Gasteiger partial charge in [-0.3, -0.25) is 14.7 Å². The number of nitrogens with zero attached hydrogens (tertiary/aromatic N) is 3. The minimum absolute atomic E-state index is 0.00570. The topological polar surface area (TPSA) is 46.1 Å². The van der Waals surface area contributed by atoms with E-state index in [1.165, 1.54) is 28.4 Å². The van der Waals surface area contributed by atoms with Gasteiger partial charge in [-0.05, 0) is 54.6 Å². The predicted molar refractivity (Wildman–Crippen MR) is 121 cm³/mol. The maximum atomic E-state index is 13.6. The number of benzene rings is 2. The van der Waals surface area contributed by atoms with Crippen LogP contribution in [0.15, 0.2) is 77.8 Å². The summed E-state index contributed by atoms with van der Waals surface area (Å²) >= 11 is 3.07. The first-order chi connectivity index (χ1) is 14.7. The molecule has 0 radical (unpaired) electrons. The summed E-state index contributed by atoms with van der Waals surface area (Å²) in [6.07, 6.45) is 2.88. The van der Waals surface area contributed by atoms with Gasteiger partial charge in [0.05, 0.1) is 22.5 Å². The van der Waals surface area contributed by atoms with E-state index in [0.29, 0.717) is 23.6 Å². The molecule has 0 N–H and O–H groups in total. The second kappa shape index (κ2) is 9.82. The molecular weight excluding hydrogens is 417 g/mol. The van der Waals surface area contributed by atoms with Gasteiger partial charge in [0.1, 0.15) is 5.82 Å². The Morgan fingerprint density at radius 1 is 1.07 bits per heavy atom. The number of carbonyl (C=O) groups excluding carboxylic acids is 1. The molecule has 152 valence electrons. The molecule has 0 aliphatic heterocycles. The highest BCUT2D eigenvalue weighted by atomic mass is 32.2. The number of thioether (sulfide) groups is 1. The summed E-state index contributed by atoms with van der Waals surface area (Å²) < 4.78 is 14.3. The zero-order valence-electron chi connectivity index (χ0n) is 16.2. The molecule has 0 atom stereocenters. The molecule has 0 bridgehead atoms. The van der Waals surface area contributed by atoms with Crippen molar-refractivity contribution in [3.63, 3.8) is 0 Å². The first-order valence-electron chi connectivity index (χ1n) is 9.63. The zero-order chi connectivity index (χ0) is 20.8. The summed E-state index contributed by atoms with van der Waals surface area (Å²) in [6, 6.07) is 20.3. The van der Waals surface area contributed by atoms with E-state index < -0.39 is 0 Å². The van der Waals surface area contributed by atoms with Crippen molar-refractivity contribution in [2.45, 2.75) is 24.3 Å². The van der Waals surface area contributed by atoms with Gasteiger partial charge in [0.15, 0.2) is 5.13 Å². The van der Waals surface area contributed by atoms with Crippen molar-refractivity contribution in [3.8, 4) is 0 Å². The molecule has 4 nitrogen and oxygen atoms in total. The lowest BCUT2D eigenvalue weighted by molar-refractivity contribution is -0.118. The molecule has 2 aromatic heterocycles. The molecule has 0 saturated carbocycles. The van der Waals surface area contributed by atoms with Gasteiger partial charge >= 0.3 is 0 Å². The number of thiazole rings is 1. The van der Waals surface area contributed by atoms with Crippen molar-refractivity contribution in [1.82, 2.24) is 9.97 Å². The first kappa shape index (κ1) is 20.5. The molecule has 4 rings (SSSR count). The van der Waals surface area contributed by atoms with Crippen LogP contribution in [-0.2, 0) is 11.3 Å². The quantitative estimate of drug-likeness (QED) is 0.253. The number of amides is 1. The van der Waals surface area contributed by atoms with Crippen LogP contribution < -0.4 is 4.90 Å². The summed E-state index contributed by atoms with van der Waals surface area (Å²) in [5.74, 6) is 0.546. The van der Waals surface area contributed by atoms with Crippen LogP contribution in [0.3, 0.4) is 0 Å². The number of fused-ring (bicyclic) bond motifs is 1. The minimum atomic E-state index is -0.307. The second-order valence-corrected chi connectivity index (χ2v) is 8.85. The van der Waals surface area contributed by atoms with Crippen LogP contribution in [0.4, 0.5) is 9.52 Å². The number of hydrogen-bond acceptors (Lipinski definition) is 5. The Labute approximate surface area is 182 Å². The third kappa shape index (κ3) is 5.23. The molecule has 2 heterocycles. The number of carbonyl (C=O) groups is 1. The zero-order valence-corrected chi connectivity index (χ0v) is 17.8. The molecule has 0 aliphatic rings. The molecule has 1 amide bonds. The molecule has 7 heteroatoms. The van der Waals surface area contributed by atoms with Crippen molar-refractivity contribution in [2.75, 3.05) is 10.7 Å². The van der Waals surface area contributed by atoms with Crippen LogP contribution in [0.1, 0.15) is 18.5 Å². The largest absolute Gasteiger partial charge is 0.282 e. The van der Waals surface area contributed by atoms with E-state index in [1.54, 1.807) is 28.9 Å². The molecule has 0 unspecified atom stereocenters. The summed E-state index contributed by atoms with van der Waals surface area (Å²) in [6.45, 7) is 0.341. The molecule has 2 aromatic carbocycles. The van der Waals surface area contributed by atoms with E-state index in [4.69, 9.17) is 0 Å². The predicted octanol–water partition coefficient (Wildman–Crippen LogP) is 5.94. The molecule has 0 aliphatic carbocycles. The van der Waals surface area contributed by atoms with Crippen LogP contribution in [0, 0.1) is 5.82 Å². The Kier molecular flexibility index (Phi) is 6.71. The summed E-state index contributed by atoms with van der Waals surface area (Å²) in [5, 5.41) is 0.571. The van der Waals surface area contributed by atoms with Crippen molar-refractivity contribution >= 4 is 44.4 Å². The lowest BCUT2D eigenvalue weighted by atomic mass is 10.2. The van der Waals surface area contributed by atoms with Gasteiger partial charge in [-0.2, -0.15) is 0 Å². The first-order valence-corrected chi connectivity index (χ1v) is 11.4. The smallest absolute Gasteiger partial charge is 0.229 e. The van der Waals surface area contributed by atoms with E-state index in [0.717, 1.165) is 22.6 Å². The van der Waals surface area contributed by atoms with Gasteiger partial charge in [-0.15, -0.1) is 11.8 Å². The maximum absolute atomic E-state index is 13.6. The Bertz CT molecular complexity index is 1120. The van der Waals surface area contributed by atoms with Crippen LogP contribution in [-0.4, -0.2) is 21.6 Å². The van der Waals surface area contributed by atoms with Crippen LogP contribution in [0.2, 0.25) is 0 Å². The fourth-order valence-electron chi connectivity index (χ4n) is 2.98. The highest BCUT2D eigenvalue weighted by Crippen LogP contribution is 2.31. The van der Waals surface area contributed by atoms with Crippen molar-refractivity contribution in [2.24, 2.45) is 0 Å². The minimum Gasteiger partial charge on any atom is -0.282 e. The number of anilines is 1. The second-order valence-electron chi connectivity index (χ2n) is 6.67. The van der Waals surface area contributed by atoms with E-state index in [-0.39, 0.29) is 11.7 Å². The Hall–Kier alpha value is -2.77. The lowest BCUT2D eigenvalue weighted by Crippen LogP contribution is -2.30. The van der Waals surface area contributed by atoms with Gasteiger partial charge in [0, 0.05) is 17.5 Å². The van der Waals surface area contributed by atoms with Crippen LogP contribution in [0.25, 0.3) is 10.2 Å². The number of aromatic nitrogens is 2. The Morgan fingerprint density at radius 2 is 1.90 bits per heavy atom. The van der Waals surface area contributed by atoms with Gasteiger partial charge in [0.2, 0.25) is 5.91 Å². The highest BCUT2D eigenvalue weighted by Gasteiger charge is 2.20. The fourth-order valence-corrected chi connectivity index (χ4v) is 4.86. The molecule has 4 aromatic rings. The normalized spacial score (nSPS) is 11.0. The van der Waals surface area contributed by atoms with Crippen molar-refractivity contribution < 1.29 is 9.18 Å². The monoisotopic (exact) mass is 437 g/mol. The maximum Gasteiger partial charge on any atom is 0.229 e. The van der Waals surface area contributed by atoms with Crippen LogP contribution in [0.5, 0.6) is 0 Å². The summed E-state index contributed by atoms with van der Waals surface area (Å²) in [5.41, 5.74) is 1.48. The molecule has 0 saturated heterocycles. The average molecular weight is 438 g/mol. The van der Waals surface area contributed by atoms with Gasteiger partial charge in [-0.1, -0.05) is 35.6 Å². The van der Waals surface area contributed by atoms with Gasteiger partial charge in [0.25, 0.3) is 0 Å². The number of hydrogen-bond donors (Lipinski definition) is 0. The van der Waals surface area contributed by atoms with Crippen molar-refractivity contribution in [1.29, 1.82) is 0 Å². The number of halogens is 1. The Balaban J connectivity index is 1.48. The molecule has 0 fully saturated rings. The van der Waals surface area contributed by atoms with Gasteiger partial charge in [-0.25, -0.2) is 9.37 Å². The van der Waals surface area contributed by atoms with E-state index in [2.05, 4.69) is 22.1 Å². The third-order valence-corrected chi connectivity index (χ3v) is 6.60. The third-order valence-electron chi connectivity index (χ3n) is 4.46. The number of rotatable bonds is 8. The van der Waals surface area contributed by atoms with E-state index in [9.17, 15) is 9.18 Å². The van der Waals surface area contributed by atoms with Crippen LogP contribution >= 0.6 is 23.1 Å². The van der Waals surface area contributed by atoms with Crippen molar-refractivity contribution in [3.05, 3.63) is 84.4 Å². The summed E-state index contributed by atoms with van der Waals surface area (Å²) in [7, 11) is 0. The van der Waals surface area contributed by atoms with E-state index >= 15 is 0 Å². The Morgan fingerprint density at radius 3 is 2.70 bits per heavy atom. The molecule has 30 heavy (non-hydrogen) atoms. The standard InChI is InChI=1S/C23H20FN3OS2/c24-17-11-12-20-21(15-17)30-23(26-20)27(16-18-7-4-5-13-25-18)22(28)10-6-14-29-19-8-2-1-3-9-19/h1-5,7-9,11-13,15H,6,10,14,16H2. The summed E-state index contributed by atoms with van der Waals surface area (Å²) in [4.78, 5) is 24.9.